The first-order valence-electron chi connectivity index (χ1n) is 5.50. The largest absolute Gasteiger partial charge is 0.287 e. The lowest BCUT2D eigenvalue weighted by Gasteiger charge is -2.04. The highest BCUT2D eigenvalue weighted by Crippen LogP contribution is 2.30. The van der Waals surface area contributed by atoms with Crippen molar-refractivity contribution in [3.8, 4) is 0 Å². The zero-order valence-corrected chi connectivity index (χ0v) is 11.2. The molecule has 1 aliphatic rings. The molecule has 0 spiro atoms. The van der Waals surface area contributed by atoms with Crippen LogP contribution in [0.1, 0.15) is 21.6 Å². The van der Waals surface area contributed by atoms with Crippen LogP contribution in [0.2, 0.25) is 5.02 Å². The van der Waals surface area contributed by atoms with Gasteiger partial charge in [-0.1, -0.05) is 17.7 Å². The Morgan fingerprint density at radius 1 is 1.21 bits per heavy atom. The van der Waals surface area contributed by atoms with Gasteiger partial charge in [0.15, 0.2) is 9.84 Å². The molecule has 1 aliphatic heterocycles. The third-order valence-corrected chi connectivity index (χ3v) is 4.91. The Morgan fingerprint density at radius 2 is 2.00 bits per heavy atom. The summed E-state index contributed by atoms with van der Waals surface area (Å²) in [5.41, 5.74) is 0.730. The van der Waals surface area contributed by atoms with Gasteiger partial charge in [-0.15, -0.1) is 0 Å². The van der Waals surface area contributed by atoms with Gasteiger partial charge in [0, 0.05) is 16.8 Å². The minimum atomic E-state index is -3.59. The van der Waals surface area contributed by atoms with E-state index >= 15 is 0 Å². The molecule has 3 rings (SSSR count). The number of pyridine rings is 1. The van der Waals surface area contributed by atoms with Crippen LogP contribution in [0.4, 0.5) is 0 Å². The van der Waals surface area contributed by atoms with Crippen molar-refractivity contribution in [3.63, 3.8) is 0 Å². The van der Waals surface area contributed by atoms with Crippen LogP contribution in [0.3, 0.4) is 0 Å². The van der Waals surface area contributed by atoms with Gasteiger partial charge in [-0.05, 0) is 29.8 Å². The first kappa shape index (κ1) is 12.3. The van der Waals surface area contributed by atoms with E-state index in [2.05, 4.69) is 4.98 Å². The number of benzene rings is 1. The molecule has 0 saturated carbocycles. The third kappa shape index (κ3) is 1.95. The minimum absolute atomic E-state index is 0.0250. The number of nitrogens with zero attached hydrogens (tertiary/aromatic N) is 1. The number of hydrogen-bond donors (Lipinski definition) is 0. The molecule has 0 atom stereocenters. The lowest BCUT2D eigenvalue weighted by atomic mass is 10.0. The average Bonchev–Trinajstić information content (AvgIpc) is 2.45. The van der Waals surface area contributed by atoms with E-state index in [1.807, 2.05) is 0 Å². The molecule has 0 amide bonds. The molecule has 0 fully saturated rings. The summed E-state index contributed by atoms with van der Waals surface area (Å²) in [5, 5.41) is 0.286. The molecular formula is C13H8ClNO3S. The van der Waals surface area contributed by atoms with Gasteiger partial charge in [0.2, 0.25) is 5.78 Å². The predicted octanol–water partition coefficient (Wildman–Crippen LogP) is 2.25. The first-order chi connectivity index (χ1) is 8.99. The summed E-state index contributed by atoms with van der Waals surface area (Å²) < 4.78 is 24.6. The average molecular weight is 294 g/mol. The molecule has 6 heteroatoms. The first-order valence-corrected chi connectivity index (χ1v) is 7.53. The summed E-state index contributed by atoms with van der Waals surface area (Å²) >= 11 is 5.82. The number of carbonyl (C=O) groups excluding carboxylic acids is 1. The van der Waals surface area contributed by atoms with Crippen LogP contribution in [0.25, 0.3) is 0 Å². The van der Waals surface area contributed by atoms with Crippen LogP contribution < -0.4 is 0 Å². The molecule has 4 nitrogen and oxygen atoms in total. The SMILES string of the molecule is O=C1c2ccc(Cl)cc2S(=O)(=O)Cc2cccnc21. The fourth-order valence-corrected chi connectivity index (χ4v) is 3.95. The molecule has 0 radical (unpaired) electrons. The summed E-state index contributed by atoms with van der Waals surface area (Å²) in [6.07, 6.45) is 1.48. The van der Waals surface area contributed by atoms with E-state index in [-0.39, 0.29) is 32.7 Å². The number of fused-ring (bicyclic) bond motifs is 2. The fraction of sp³-hybridized carbons (Fsp3) is 0.0769. The van der Waals surface area contributed by atoms with Crippen molar-refractivity contribution >= 4 is 27.2 Å². The van der Waals surface area contributed by atoms with E-state index in [4.69, 9.17) is 11.6 Å². The van der Waals surface area contributed by atoms with Crippen LogP contribution >= 0.6 is 11.6 Å². The standard InChI is InChI=1S/C13H8ClNO3S/c14-9-3-4-10-11(6-9)19(17,18)7-8-2-1-5-15-12(8)13(10)16/h1-6H,7H2. The van der Waals surface area contributed by atoms with Gasteiger partial charge in [-0.3, -0.25) is 9.78 Å². The smallest absolute Gasteiger partial charge is 0.212 e. The van der Waals surface area contributed by atoms with E-state index < -0.39 is 9.84 Å². The molecule has 0 N–H and O–H groups in total. The highest BCUT2D eigenvalue weighted by molar-refractivity contribution is 7.90. The molecule has 1 aromatic carbocycles. The van der Waals surface area contributed by atoms with Crippen molar-refractivity contribution in [1.29, 1.82) is 0 Å². The molecule has 2 aromatic rings. The van der Waals surface area contributed by atoms with E-state index in [1.54, 1.807) is 12.1 Å². The maximum Gasteiger partial charge on any atom is 0.212 e. The predicted molar refractivity (Wildman–Crippen MR) is 70.0 cm³/mol. The fourth-order valence-electron chi connectivity index (χ4n) is 2.11. The van der Waals surface area contributed by atoms with E-state index in [0.717, 1.165) is 0 Å². The van der Waals surface area contributed by atoms with Crippen LogP contribution in [0.5, 0.6) is 0 Å². The monoisotopic (exact) mass is 293 g/mol. The number of halogens is 1. The van der Waals surface area contributed by atoms with E-state index in [1.165, 1.54) is 24.4 Å². The summed E-state index contributed by atoms with van der Waals surface area (Å²) in [6, 6.07) is 7.47. The zero-order valence-electron chi connectivity index (χ0n) is 9.63. The Morgan fingerprint density at radius 3 is 2.79 bits per heavy atom. The molecule has 0 bridgehead atoms. The van der Waals surface area contributed by atoms with Crippen LogP contribution in [0.15, 0.2) is 41.4 Å². The minimum Gasteiger partial charge on any atom is -0.287 e. The van der Waals surface area contributed by atoms with Crippen LogP contribution in [0, 0.1) is 0 Å². The van der Waals surface area contributed by atoms with Crippen molar-refractivity contribution < 1.29 is 13.2 Å². The Balaban J connectivity index is 2.38. The quantitative estimate of drug-likeness (QED) is 0.747. The number of hydrogen-bond acceptors (Lipinski definition) is 4. The topological polar surface area (TPSA) is 64.1 Å². The Kier molecular flexibility index (Phi) is 2.69. The van der Waals surface area contributed by atoms with Gasteiger partial charge in [0.05, 0.1) is 10.6 Å². The molecule has 0 saturated heterocycles. The Hall–Kier alpha value is -1.72. The van der Waals surface area contributed by atoms with Gasteiger partial charge in [0.1, 0.15) is 5.69 Å². The van der Waals surface area contributed by atoms with E-state index in [9.17, 15) is 13.2 Å². The number of aromatic nitrogens is 1. The maximum atomic E-state index is 12.4. The van der Waals surface area contributed by atoms with Crippen LogP contribution in [-0.2, 0) is 15.6 Å². The third-order valence-electron chi connectivity index (χ3n) is 2.98. The highest BCUT2D eigenvalue weighted by atomic mass is 35.5. The Bertz CT molecular complexity index is 799. The van der Waals surface area contributed by atoms with Gasteiger partial charge in [-0.2, -0.15) is 0 Å². The molecule has 96 valence electrons. The number of ketones is 1. The number of carbonyl (C=O) groups is 1. The van der Waals surface area contributed by atoms with Crippen LogP contribution in [-0.4, -0.2) is 19.2 Å². The van der Waals surface area contributed by atoms with Crippen molar-refractivity contribution in [2.45, 2.75) is 10.6 Å². The second-order valence-electron chi connectivity index (χ2n) is 4.24. The van der Waals surface area contributed by atoms with Gasteiger partial charge >= 0.3 is 0 Å². The summed E-state index contributed by atoms with van der Waals surface area (Å²) in [5.74, 6) is -0.627. The van der Waals surface area contributed by atoms with E-state index in [0.29, 0.717) is 5.56 Å². The molecule has 19 heavy (non-hydrogen) atoms. The number of sulfone groups is 1. The van der Waals surface area contributed by atoms with Gasteiger partial charge < -0.3 is 0 Å². The van der Waals surface area contributed by atoms with Crippen molar-refractivity contribution in [2.75, 3.05) is 0 Å². The maximum absolute atomic E-state index is 12.4. The van der Waals surface area contributed by atoms with Crippen molar-refractivity contribution in [2.24, 2.45) is 0 Å². The van der Waals surface area contributed by atoms with Gasteiger partial charge in [-0.25, -0.2) is 8.42 Å². The summed E-state index contributed by atoms with van der Waals surface area (Å²) in [7, 11) is -3.59. The molecule has 2 heterocycles. The lowest BCUT2D eigenvalue weighted by molar-refractivity contribution is 0.103. The number of rotatable bonds is 0. The second-order valence-corrected chi connectivity index (χ2v) is 6.63. The Labute approximate surface area is 115 Å². The van der Waals surface area contributed by atoms with Crippen molar-refractivity contribution in [3.05, 3.63) is 58.4 Å². The summed E-state index contributed by atoms with van der Waals surface area (Å²) in [4.78, 5) is 16.3. The second kappa shape index (κ2) is 4.15. The molecule has 0 aliphatic carbocycles. The normalized spacial score (nSPS) is 16.4. The van der Waals surface area contributed by atoms with Gasteiger partial charge in [0.25, 0.3) is 0 Å². The van der Waals surface area contributed by atoms with Crippen molar-refractivity contribution in [1.82, 2.24) is 4.98 Å². The summed E-state index contributed by atoms with van der Waals surface area (Å²) in [6.45, 7) is 0. The molecule has 1 aromatic heterocycles. The zero-order chi connectivity index (χ0) is 13.6. The lowest BCUT2D eigenvalue weighted by Crippen LogP contribution is -2.06. The highest BCUT2D eigenvalue weighted by Gasteiger charge is 2.31. The molecular weight excluding hydrogens is 286 g/mol. The molecule has 0 unspecified atom stereocenters.